The van der Waals surface area contributed by atoms with Crippen molar-refractivity contribution in [2.75, 3.05) is 13.1 Å². The summed E-state index contributed by atoms with van der Waals surface area (Å²) in [5, 5.41) is 5.56. The highest BCUT2D eigenvalue weighted by Crippen LogP contribution is 2.23. The first-order valence-corrected chi connectivity index (χ1v) is 7.14. The van der Waals surface area contributed by atoms with Crippen LogP contribution in [0, 0.1) is 11.8 Å². The van der Waals surface area contributed by atoms with E-state index in [0.29, 0.717) is 12.5 Å². The Morgan fingerprint density at radius 3 is 2.39 bits per heavy atom. The van der Waals surface area contributed by atoms with Crippen LogP contribution in [0.2, 0.25) is 0 Å². The van der Waals surface area contributed by atoms with Crippen LogP contribution >= 0.6 is 0 Å². The quantitative estimate of drug-likeness (QED) is 0.760. The molecule has 0 aromatic carbocycles. The van der Waals surface area contributed by atoms with E-state index in [2.05, 4.69) is 24.5 Å². The average molecular weight is 254 g/mol. The van der Waals surface area contributed by atoms with Gasteiger partial charge in [0, 0.05) is 12.5 Å². The van der Waals surface area contributed by atoms with Crippen molar-refractivity contribution < 1.29 is 9.59 Å². The Bertz CT molecular complexity index is 271. The number of amides is 2. The molecule has 0 aliphatic heterocycles. The number of rotatable bonds is 6. The fraction of sp³-hybridized carbons (Fsp3) is 0.857. The minimum absolute atomic E-state index is 0.0497. The van der Waals surface area contributed by atoms with Gasteiger partial charge in [-0.05, 0) is 25.2 Å². The molecule has 1 rings (SSSR count). The molecule has 0 aromatic heterocycles. The predicted molar refractivity (Wildman–Crippen MR) is 72.0 cm³/mol. The molecule has 0 atom stereocenters. The smallest absolute Gasteiger partial charge is 0.239 e. The van der Waals surface area contributed by atoms with Crippen molar-refractivity contribution >= 4 is 11.8 Å². The molecule has 0 saturated heterocycles. The van der Waals surface area contributed by atoms with Crippen LogP contribution in [0.25, 0.3) is 0 Å². The van der Waals surface area contributed by atoms with Crippen molar-refractivity contribution in [3.05, 3.63) is 0 Å². The van der Waals surface area contributed by atoms with Gasteiger partial charge < -0.3 is 10.6 Å². The van der Waals surface area contributed by atoms with Gasteiger partial charge in [0.2, 0.25) is 11.8 Å². The summed E-state index contributed by atoms with van der Waals surface area (Å²) in [5.74, 6) is 0.679. The van der Waals surface area contributed by atoms with Crippen LogP contribution in [-0.2, 0) is 9.59 Å². The minimum atomic E-state index is -0.0835. The molecule has 0 bridgehead atoms. The van der Waals surface area contributed by atoms with E-state index in [-0.39, 0.29) is 24.3 Å². The van der Waals surface area contributed by atoms with Crippen LogP contribution in [0.4, 0.5) is 0 Å². The van der Waals surface area contributed by atoms with Crippen molar-refractivity contribution in [1.29, 1.82) is 0 Å². The summed E-state index contributed by atoms with van der Waals surface area (Å²) >= 11 is 0. The van der Waals surface area contributed by atoms with Crippen LogP contribution in [0.5, 0.6) is 0 Å². The van der Waals surface area contributed by atoms with Crippen molar-refractivity contribution in [2.24, 2.45) is 11.8 Å². The van der Waals surface area contributed by atoms with Crippen LogP contribution in [0.1, 0.15) is 52.4 Å². The maximum Gasteiger partial charge on any atom is 0.239 e. The Morgan fingerprint density at radius 2 is 1.78 bits per heavy atom. The summed E-state index contributed by atoms with van der Waals surface area (Å²) in [4.78, 5) is 23.3. The summed E-state index contributed by atoms with van der Waals surface area (Å²) in [6.45, 7) is 5.05. The Balaban J connectivity index is 2.11. The van der Waals surface area contributed by atoms with Gasteiger partial charge >= 0.3 is 0 Å². The van der Waals surface area contributed by atoms with Crippen LogP contribution in [-0.4, -0.2) is 24.9 Å². The molecule has 4 heteroatoms. The molecule has 2 amide bonds. The third-order valence-electron chi connectivity index (χ3n) is 3.44. The van der Waals surface area contributed by atoms with Gasteiger partial charge in [0.05, 0.1) is 6.54 Å². The number of hydrogen-bond donors (Lipinski definition) is 2. The van der Waals surface area contributed by atoms with Crippen molar-refractivity contribution in [3.63, 3.8) is 0 Å². The molecular formula is C14H26N2O2. The summed E-state index contributed by atoms with van der Waals surface area (Å²) in [6, 6.07) is 0. The van der Waals surface area contributed by atoms with Crippen LogP contribution in [0.15, 0.2) is 0 Å². The summed E-state index contributed by atoms with van der Waals surface area (Å²) in [6.07, 6.45) is 6.43. The van der Waals surface area contributed by atoms with Gasteiger partial charge in [-0.25, -0.2) is 0 Å². The lowest BCUT2D eigenvalue weighted by Gasteiger charge is -2.20. The molecular weight excluding hydrogens is 228 g/mol. The Kier molecular flexibility index (Phi) is 6.76. The van der Waals surface area contributed by atoms with Crippen LogP contribution in [0.3, 0.4) is 0 Å². The normalized spacial score (nSPS) is 16.6. The number of carbonyl (C=O) groups is 2. The molecule has 1 aliphatic carbocycles. The molecule has 18 heavy (non-hydrogen) atoms. The monoisotopic (exact) mass is 254 g/mol. The zero-order valence-corrected chi connectivity index (χ0v) is 11.6. The Morgan fingerprint density at radius 1 is 1.11 bits per heavy atom. The number of carbonyl (C=O) groups excluding carboxylic acids is 2. The maximum absolute atomic E-state index is 11.8. The lowest BCUT2D eigenvalue weighted by Crippen LogP contribution is -2.40. The van der Waals surface area contributed by atoms with E-state index in [1.807, 2.05) is 0 Å². The minimum Gasteiger partial charge on any atom is -0.355 e. The second kappa shape index (κ2) is 8.11. The van der Waals surface area contributed by atoms with Gasteiger partial charge in [0.25, 0.3) is 0 Å². The van der Waals surface area contributed by atoms with Gasteiger partial charge in [-0.2, -0.15) is 0 Å². The summed E-state index contributed by atoms with van der Waals surface area (Å²) in [5.41, 5.74) is 0. The average Bonchev–Trinajstić information content (AvgIpc) is 2.36. The largest absolute Gasteiger partial charge is 0.355 e. The van der Waals surface area contributed by atoms with Crippen LogP contribution < -0.4 is 10.6 Å². The Hall–Kier alpha value is -1.06. The van der Waals surface area contributed by atoms with Gasteiger partial charge in [0.15, 0.2) is 0 Å². The fourth-order valence-corrected chi connectivity index (χ4v) is 2.24. The highest BCUT2D eigenvalue weighted by molar-refractivity contribution is 5.85. The zero-order chi connectivity index (χ0) is 13.4. The number of nitrogens with one attached hydrogen (secondary N) is 2. The fourth-order valence-electron chi connectivity index (χ4n) is 2.24. The molecule has 0 radical (unpaired) electrons. The first-order valence-electron chi connectivity index (χ1n) is 7.14. The summed E-state index contributed by atoms with van der Waals surface area (Å²) in [7, 11) is 0. The van der Waals surface area contributed by atoms with E-state index in [9.17, 15) is 9.59 Å². The van der Waals surface area contributed by atoms with Gasteiger partial charge in [-0.3, -0.25) is 9.59 Å². The highest BCUT2D eigenvalue weighted by Gasteiger charge is 2.21. The Labute approximate surface area is 110 Å². The molecule has 1 saturated carbocycles. The molecule has 0 unspecified atom stereocenters. The second-order valence-electron chi connectivity index (χ2n) is 5.59. The van der Waals surface area contributed by atoms with Crippen molar-refractivity contribution in [2.45, 2.75) is 52.4 Å². The van der Waals surface area contributed by atoms with E-state index in [1.165, 1.54) is 6.42 Å². The van der Waals surface area contributed by atoms with E-state index in [0.717, 1.165) is 32.1 Å². The van der Waals surface area contributed by atoms with E-state index < -0.39 is 0 Å². The van der Waals surface area contributed by atoms with Gasteiger partial charge in [0.1, 0.15) is 0 Å². The van der Waals surface area contributed by atoms with E-state index in [4.69, 9.17) is 0 Å². The van der Waals surface area contributed by atoms with E-state index >= 15 is 0 Å². The molecule has 104 valence electrons. The van der Waals surface area contributed by atoms with E-state index in [1.54, 1.807) is 0 Å². The molecule has 0 heterocycles. The topological polar surface area (TPSA) is 58.2 Å². The maximum atomic E-state index is 11.8. The predicted octanol–water partition coefficient (Wildman–Crippen LogP) is 1.85. The second-order valence-corrected chi connectivity index (χ2v) is 5.59. The molecule has 1 fully saturated rings. The van der Waals surface area contributed by atoms with Gasteiger partial charge in [-0.15, -0.1) is 0 Å². The number of hydrogen-bond acceptors (Lipinski definition) is 2. The first kappa shape index (κ1) is 15.0. The molecule has 1 aliphatic rings. The molecule has 0 spiro atoms. The molecule has 2 N–H and O–H groups in total. The third kappa shape index (κ3) is 6.03. The lowest BCUT2D eigenvalue weighted by molar-refractivity contribution is -0.129. The highest BCUT2D eigenvalue weighted by atomic mass is 16.2. The van der Waals surface area contributed by atoms with Crippen molar-refractivity contribution in [3.8, 4) is 0 Å². The molecule has 4 nitrogen and oxygen atoms in total. The SMILES string of the molecule is CC(C)CCNC(=O)CNC(=O)C1CCCCC1. The lowest BCUT2D eigenvalue weighted by atomic mass is 9.89. The van der Waals surface area contributed by atoms with Crippen molar-refractivity contribution in [1.82, 2.24) is 10.6 Å². The summed E-state index contributed by atoms with van der Waals surface area (Å²) < 4.78 is 0. The van der Waals surface area contributed by atoms with Gasteiger partial charge in [-0.1, -0.05) is 33.1 Å². The third-order valence-corrected chi connectivity index (χ3v) is 3.44. The zero-order valence-electron chi connectivity index (χ0n) is 11.6. The molecule has 0 aromatic rings. The standard InChI is InChI=1S/C14H26N2O2/c1-11(2)8-9-15-13(17)10-16-14(18)12-6-4-3-5-7-12/h11-12H,3-10H2,1-2H3,(H,15,17)(H,16,18). The first-order chi connectivity index (χ1) is 8.59.